The van der Waals surface area contributed by atoms with Crippen molar-refractivity contribution >= 4 is 17.8 Å². The molecular weight excluding hydrogens is 338 g/mol. The van der Waals surface area contributed by atoms with Gasteiger partial charge in [0.25, 0.3) is 11.7 Å². The molecule has 1 unspecified atom stereocenters. The Balaban J connectivity index is 1.43. The monoisotopic (exact) mass is 359 g/mol. The lowest BCUT2D eigenvalue weighted by Crippen LogP contribution is -2.39. The van der Waals surface area contributed by atoms with E-state index in [9.17, 15) is 4.79 Å². The van der Waals surface area contributed by atoms with E-state index in [0.717, 1.165) is 42.8 Å². The van der Waals surface area contributed by atoms with Crippen LogP contribution < -0.4 is 0 Å². The zero-order chi connectivity index (χ0) is 18.4. The van der Waals surface area contributed by atoms with Crippen molar-refractivity contribution in [3.05, 3.63) is 64.7 Å². The smallest absolute Gasteiger partial charge is 0.253 e. The Kier molecular flexibility index (Phi) is 3.77. The molecule has 3 aromatic rings. The number of carbonyl (C=O) groups excluding carboxylic acids is 1. The molecule has 1 fully saturated rings. The molecule has 6 nitrogen and oxygen atoms in total. The quantitative estimate of drug-likeness (QED) is 0.706. The summed E-state index contributed by atoms with van der Waals surface area (Å²) in [6, 6.07) is 8.14. The van der Waals surface area contributed by atoms with E-state index in [-0.39, 0.29) is 11.8 Å². The van der Waals surface area contributed by atoms with Crippen molar-refractivity contribution in [1.29, 1.82) is 0 Å². The van der Waals surface area contributed by atoms with E-state index in [4.69, 9.17) is 0 Å². The number of fused-ring (bicyclic) bond motifs is 2. The first-order valence-corrected chi connectivity index (χ1v) is 9.45. The van der Waals surface area contributed by atoms with Gasteiger partial charge in [-0.2, -0.15) is 10.1 Å². The summed E-state index contributed by atoms with van der Waals surface area (Å²) in [6.45, 7) is 3.47. The third-order valence-electron chi connectivity index (χ3n) is 5.56. The highest BCUT2D eigenvalue weighted by atomic mass is 16.2. The standard InChI is InChI=1S/C21H21N5O/c1-14-10-19(26-21(24-14)22-13-23-26)18-6-3-9-25(12-18)20(27)17-8-7-15-4-2-5-16(15)11-17/h2,5,7-8,10-11,13,18H,3-4,6,9,12H2,1H3. The molecule has 136 valence electrons. The number of rotatable bonds is 2. The second kappa shape index (κ2) is 6.30. The highest BCUT2D eigenvalue weighted by Gasteiger charge is 2.28. The van der Waals surface area contributed by atoms with Gasteiger partial charge in [0, 0.05) is 30.3 Å². The van der Waals surface area contributed by atoms with Gasteiger partial charge in [-0.25, -0.2) is 9.50 Å². The third kappa shape index (κ3) is 2.81. The number of carbonyl (C=O) groups is 1. The number of hydrogen-bond acceptors (Lipinski definition) is 4. The van der Waals surface area contributed by atoms with Gasteiger partial charge in [0.05, 0.1) is 5.69 Å². The molecule has 0 saturated carbocycles. The van der Waals surface area contributed by atoms with Gasteiger partial charge in [-0.1, -0.05) is 18.2 Å². The fraction of sp³-hybridized carbons (Fsp3) is 0.333. The number of aryl methyl sites for hydroxylation is 1. The summed E-state index contributed by atoms with van der Waals surface area (Å²) < 4.78 is 1.81. The van der Waals surface area contributed by atoms with Crippen molar-refractivity contribution in [3.8, 4) is 0 Å². The number of piperidine rings is 1. The number of amides is 1. The predicted octanol–water partition coefficient (Wildman–Crippen LogP) is 3.02. The van der Waals surface area contributed by atoms with Gasteiger partial charge in [0.15, 0.2) is 0 Å². The van der Waals surface area contributed by atoms with Crippen LogP contribution in [0.25, 0.3) is 11.9 Å². The molecule has 1 aromatic carbocycles. The van der Waals surface area contributed by atoms with Crippen LogP contribution in [0, 0.1) is 6.92 Å². The maximum absolute atomic E-state index is 13.1. The first-order chi connectivity index (χ1) is 13.2. The number of hydrogen-bond donors (Lipinski definition) is 0. The van der Waals surface area contributed by atoms with Crippen molar-refractivity contribution in [2.24, 2.45) is 0 Å². The lowest BCUT2D eigenvalue weighted by atomic mass is 9.93. The summed E-state index contributed by atoms with van der Waals surface area (Å²) in [7, 11) is 0. The fourth-order valence-electron chi connectivity index (χ4n) is 4.22. The Morgan fingerprint density at radius 2 is 2.19 bits per heavy atom. The van der Waals surface area contributed by atoms with Crippen molar-refractivity contribution < 1.29 is 4.79 Å². The third-order valence-corrected chi connectivity index (χ3v) is 5.56. The summed E-state index contributed by atoms with van der Waals surface area (Å²) in [4.78, 5) is 23.7. The highest BCUT2D eigenvalue weighted by Crippen LogP contribution is 2.29. The zero-order valence-corrected chi connectivity index (χ0v) is 15.3. The molecule has 2 aromatic heterocycles. The molecule has 3 heterocycles. The second-order valence-electron chi connectivity index (χ2n) is 7.40. The molecule has 1 amide bonds. The molecule has 1 aliphatic carbocycles. The number of nitrogens with zero attached hydrogens (tertiary/aromatic N) is 5. The number of allylic oxidation sites excluding steroid dienone is 1. The van der Waals surface area contributed by atoms with Gasteiger partial charge >= 0.3 is 0 Å². The highest BCUT2D eigenvalue weighted by molar-refractivity contribution is 5.95. The molecular formula is C21H21N5O. The van der Waals surface area contributed by atoms with Gasteiger partial charge in [0.2, 0.25) is 0 Å². The van der Waals surface area contributed by atoms with Crippen LogP contribution in [0.15, 0.2) is 36.7 Å². The topological polar surface area (TPSA) is 63.4 Å². The second-order valence-corrected chi connectivity index (χ2v) is 7.40. The summed E-state index contributed by atoms with van der Waals surface area (Å²) in [5.74, 6) is 0.977. The maximum atomic E-state index is 13.1. The minimum Gasteiger partial charge on any atom is -0.338 e. The van der Waals surface area contributed by atoms with E-state index in [1.165, 1.54) is 17.5 Å². The minimum atomic E-state index is 0.114. The number of benzene rings is 1. The van der Waals surface area contributed by atoms with Gasteiger partial charge in [-0.05, 0) is 55.5 Å². The van der Waals surface area contributed by atoms with Gasteiger partial charge in [-0.3, -0.25) is 4.79 Å². The predicted molar refractivity (Wildman–Crippen MR) is 103 cm³/mol. The van der Waals surface area contributed by atoms with E-state index in [0.29, 0.717) is 12.3 Å². The number of likely N-dealkylation sites (tertiary alicyclic amines) is 1. The summed E-state index contributed by atoms with van der Waals surface area (Å²) >= 11 is 0. The summed E-state index contributed by atoms with van der Waals surface area (Å²) in [5, 5.41) is 4.33. The van der Waals surface area contributed by atoms with Crippen molar-refractivity contribution in [2.75, 3.05) is 13.1 Å². The van der Waals surface area contributed by atoms with Crippen molar-refractivity contribution in [3.63, 3.8) is 0 Å². The Hall–Kier alpha value is -3.02. The van der Waals surface area contributed by atoms with Crippen LogP contribution in [0.4, 0.5) is 0 Å². The fourth-order valence-corrected chi connectivity index (χ4v) is 4.22. The lowest BCUT2D eigenvalue weighted by molar-refractivity contribution is 0.0705. The molecule has 0 spiro atoms. The van der Waals surface area contributed by atoms with Crippen LogP contribution in [0.1, 0.15) is 51.6 Å². The summed E-state index contributed by atoms with van der Waals surface area (Å²) in [5.41, 5.74) is 5.26. The first kappa shape index (κ1) is 16.2. The normalized spacial score (nSPS) is 18.9. The molecule has 0 radical (unpaired) electrons. The Bertz CT molecular complexity index is 1070. The van der Waals surface area contributed by atoms with Crippen LogP contribution in [0.3, 0.4) is 0 Å². The van der Waals surface area contributed by atoms with E-state index < -0.39 is 0 Å². The molecule has 2 aliphatic rings. The van der Waals surface area contributed by atoms with Gasteiger partial charge in [0.1, 0.15) is 6.33 Å². The average Bonchev–Trinajstić information content (AvgIpc) is 3.35. The van der Waals surface area contributed by atoms with Crippen LogP contribution in [-0.4, -0.2) is 43.5 Å². The molecule has 27 heavy (non-hydrogen) atoms. The van der Waals surface area contributed by atoms with Crippen LogP contribution in [0.2, 0.25) is 0 Å². The molecule has 1 atom stereocenters. The van der Waals surface area contributed by atoms with E-state index in [2.05, 4.69) is 39.4 Å². The molecule has 6 heteroatoms. The average molecular weight is 359 g/mol. The van der Waals surface area contributed by atoms with E-state index in [1.54, 1.807) is 0 Å². The van der Waals surface area contributed by atoms with E-state index in [1.807, 2.05) is 28.5 Å². The lowest BCUT2D eigenvalue weighted by Gasteiger charge is -2.33. The van der Waals surface area contributed by atoms with E-state index >= 15 is 0 Å². The molecule has 1 aliphatic heterocycles. The molecule has 5 rings (SSSR count). The first-order valence-electron chi connectivity index (χ1n) is 9.45. The number of aromatic nitrogens is 4. The van der Waals surface area contributed by atoms with Crippen LogP contribution in [-0.2, 0) is 6.42 Å². The molecule has 1 saturated heterocycles. The SMILES string of the molecule is Cc1cc(C2CCCN(C(=O)c3ccc4c(c3)C=CC4)C2)n2ncnc2n1. The van der Waals surface area contributed by atoms with Crippen LogP contribution in [0.5, 0.6) is 0 Å². The maximum Gasteiger partial charge on any atom is 0.253 e. The molecule has 0 bridgehead atoms. The Morgan fingerprint density at radius 1 is 1.26 bits per heavy atom. The Labute approximate surface area is 157 Å². The minimum absolute atomic E-state index is 0.114. The van der Waals surface area contributed by atoms with Crippen molar-refractivity contribution in [1.82, 2.24) is 24.5 Å². The van der Waals surface area contributed by atoms with Crippen molar-refractivity contribution in [2.45, 2.75) is 32.1 Å². The van der Waals surface area contributed by atoms with Crippen LogP contribution >= 0.6 is 0 Å². The largest absolute Gasteiger partial charge is 0.338 e. The Morgan fingerprint density at radius 3 is 3.11 bits per heavy atom. The molecule has 0 N–H and O–H groups in total. The van der Waals surface area contributed by atoms with Gasteiger partial charge in [-0.15, -0.1) is 0 Å². The summed E-state index contributed by atoms with van der Waals surface area (Å²) in [6.07, 6.45) is 8.77. The zero-order valence-electron chi connectivity index (χ0n) is 15.3. The van der Waals surface area contributed by atoms with Gasteiger partial charge < -0.3 is 4.90 Å².